The number of rotatable bonds is 2. The van der Waals surface area contributed by atoms with Crippen molar-refractivity contribution in [3.8, 4) is 0 Å². The van der Waals surface area contributed by atoms with E-state index in [1.807, 2.05) is 0 Å². The van der Waals surface area contributed by atoms with Crippen molar-refractivity contribution in [2.75, 3.05) is 32.7 Å². The van der Waals surface area contributed by atoms with Gasteiger partial charge in [-0.05, 0) is 56.9 Å². The summed E-state index contributed by atoms with van der Waals surface area (Å²) in [6, 6.07) is 9.82. The number of thioether (sulfide) groups is 1. The van der Waals surface area contributed by atoms with Gasteiger partial charge in [-0.25, -0.2) is 0 Å². The Morgan fingerprint density at radius 2 is 2.00 bits per heavy atom. The molecule has 2 saturated heterocycles. The summed E-state index contributed by atoms with van der Waals surface area (Å²) in [7, 11) is 0. The van der Waals surface area contributed by atoms with Crippen molar-refractivity contribution in [3.63, 3.8) is 0 Å². The van der Waals surface area contributed by atoms with E-state index in [0.717, 1.165) is 11.3 Å². The van der Waals surface area contributed by atoms with Crippen LogP contribution >= 0.6 is 11.8 Å². The third kappa shape index (κ3) is 2.63. The van der Waals surface area contributed by atoms with E-state index in [2.05, 4.69) is 45.8 Å². The molecule has 2 fully saturated rings. The summed E-state index contributed by atoms with van der Waals surface area (Å²) in [6.45, 7) is 6.58. The van der Waals surface area contributed by atoms with Crippen LogP contribution in [-0.2, 0) is 6.42 Å². The van der Waals surface area contributed by atoms with Gasteiger partial charge in [0.25, 0.3) is 0 Å². The highest BCUT2D eigenvalue weighted by Crippen LogP contribution is 2.37. The second kappa shape index (κ2) is 5.70. The number of hydrogen-bond donors (Lipinski definition) is 0. The van der Waals surface area contributed by atoms with E-state index < -0.39 is 0 Å². The van der Waals surface area contributed by atoms with Crippen molar-refractivity contribution >= 4 is 11.8 Å². The predicted molar refractivity (Wildman–Crippen MR) is 85.4 cm³/mol. The summed E-state index contributed by atoms with van der Waals surface area (Å²) in [5.74, 6) is 0. The first-order chi connectivity index (χ1) is 9.88. The zero-order chi connectivity index (χ0) is 13.4. The summed E-state index contributed by atoms with van der Waals surface area (Å²) >= 11 is 2.11. The van der Waals surface area contributed by atoms with E-state index in [9.17, 15) is 0 Å². The number of fused-ring (bicyclic) bond motifs is 2. The molecule has 0 saturated carbocycles. The van der Waals surface area contributed by atoms with Gasteiger partial charge in [-0.15, -0.1) is 11.8 Å². The molecule has 0 aliphatic carbocycles. The van der Waals surface area contributed by atoms with Crippen LogP contribution in [0.1, 0.15) is 24.8 Å². The van der Waals surface area contributed by atoms with Gasteiger partial charge in [0.1, 0.15) is 0 Å². The van der Waals surface area contributed by atoms with Gasteiger partial charge in [-0.3, -0.25) is 4.90 Å². The summed E-state index contributed by atoms with van der Waals surface area (Å²) in [6.07, 6.45) is 5.48. The molecule has 0 aromatic heterocycles. The fraction of sp³-hybridized carbons (Fsp3) is 0.647. The second-order valence-electron chi connectivity index (χ2n) is 6.50. The Morgan fingerprint density at radius 3 is 2.95 bits per heavy atom. The average Bonchev–Trinajstić information content (AvgIpc) is 3.01. The van der Waals surface area contributed by atoms with Gasteiger partial charge in [-0.1, -0.05) is 18.2 Å². The van der Waals surface area contributed by atoms with Gasteiger partial charge in [-0.2, -0.15) is 0 Å². The topological polar surface area (TPSA) is 6.48 Å². The molecule has 3 heterocycles. The molecule has 1 aromatic rings. The maximum Gasteiger partial charge on any atom is 0.0263 e. The molecule has 0 spiro atoms. The van der Waals surface area contributed by atoms with Gasteiger partial charge in [0, 0.05) is 29.3 Å². The van der Waals surface area contributed by atoms with Gasteiger partial charge >= 0.3 is 0 Å². The van der Waals surface area contributed by atoms with Gasteiger partial charge in [0.15, 0.2) is 0 Å². The smallest absolute Gasteiger partial charge is 0.0263 e. The summed E-state index contributed by atoms with van der Waals surface area (Å²) in [4.78, 5) is 7.01. The van der Waals surface area contributed by atoms with Crippen molar-refractivity contribution in [1.82, 2.24) is 9.80 Å². The molecule has 3 heteroatoms. The van der Waals surface area contributed by atoms with E-state index >= 15 is 0 Å². The Morgan fingerprint density at radius 1 is 1.10 bits per heavy atom. The monoisotopic (exact) mass is 288 g/mol. The molecule has 1 aromatic carbocycles. The SMILES string of the molecule is c1ccc2c(c1)CC(CN1CCCN3CCCC3C1)S2. The molecule has 3 aliphatic heterocycles. The lowest BCUT2D eigenvalue weighted by Crippen LogP contribution is -2.39. The predicted octanol–water partition coefficient (Wildman–Crippen LogP) is 2.87. The molecule has 0 radical (unpaired) electrons. The van der Waals surface area contributed by atoms with Crippen molar-refractivity contribution in [3.05, 3.63) is 29.8 Å². The first kappa shape index (κ1) is 13.2. The highest BCUT2D eigenvalue weighted by atomic mass is 32.2. The first-order valence-corrected chi connectivity index (χ1v) is 8.97. The van der Waals surface area contributed by atoms with Crippen molar-refractivity contribution in [2.45, 2.75) is 41.9 Å². The largest absolute Gasteiger partial charge is 0.301 e. The highest BCUT2D eigenvalue weighted by Gasteiger charge is 2.30. The molecule has 108 valence electrons. The molecule has 0 amide bonds. The summed E-state index contributed by atoms with van der Waals surface area (Å²) in [5.41, 5.74) is 1.57. The molecule has 0 bridgehead atoms. The summed E-state index contributed by atoms with van der Waals surface area (Å²) < 4.78 is 0. The molecule has 3 aliphatic rings. The molecule has 2 atom stereocenters. The van der Waals surface area contributed by atoms with Crippen molar-refractivity contribution in [1.29, 1.82) is 0 Å². The van der Waals surface area contributed by atoms with E-state index in [1.165, 1.54) is 63.3 Å². The first-order valence-electron chi connectivity index (χ1n) is 8.09. The van der Waals surface area contributed by atoms with Crippen LogP contribution in [0.4, 0.5) is 0 Å². The average molecular weight is 288 g/mol. The maximum absolute atomic E-state index is 2.75. The molecule has 4 rings (SSSR count). The molecule has 2 unspecified atom stereocenters. The minimum atomic E-state index is 0.778. The van der Waals surface area contributed by atoms with Crippen LogP contribution in [0, 0.1) is 0 Å². The fourth-order valence-corrected chi connectivity index (χ4v) is 5.46. The zero-order valence-corrected chi connectivity index (χ0v) is 12.9. The Bertz CT molecular complexity index is 451. The lowest BCUT2D eigenvalue weighted by Gasteiger charge is -2.27. The standard InChI is InChI=1S/C17H24N2S/c1-2-7-17-14(5-1)11-16(20-17)13-18-8-4-10-19-9-3-6-15(19)12-18/h1-2,5,7,15-16H,3-4,6,8-13H2. The number of hydrogen-bond acceptors (Lipinski definition) is 3. The van der Waals surface area contributed by atoms with E-state index in [-0.39, 0.29) is 0 Å². The van der Waals surface area contributed by atoms with Gasteiger partial charge in [0.2, 0.25) is 0 Å². The maximum atomic E-state index is 2.75. The normalized spacial score (nSPS) is 31.0. The van der Waals surface area contributed by atoms with E-state index in [4.69, 9.17) is 0 Å². The third-order valence-corrected chi connectivity index (χ3v) is 6.36. The van der Waals surface area contributed by atoms with E-state index in [1.54, 1.807) is 5.56 Å². The Kier molecular flexibility index (Phi) is 3.76. The van der Waals surface area contributed by atoms with Crippen molar-refractivity contribution in [2.24, 2.45) is 0 Å². The summed E-state index contributed by atoms with van der Waals surface area (Å²) in [5, 5.41) is 0.778. The molecule has 2 nitrogen and oxygen atoms in total. The third-order valence-electron chi connectivity index (χ3n) is 5.06. The Labute approximate surface area is 126 Å². The van der Waals surface area contributed by atoms with Crippen LogP contribution in [0.25, 0.3) is 0 Å². The van der Waals surface area contributed by atoms with Crippen LogP contribution in [-0.4, -0.2) is 53.8 Å². The van der Waals surface area contributed by atoms with E-state index in [0.29, 0.717) is 0 Å². The second-order valence-corrected chi connectivity index (χ2v) is 7.84. The van der Waals surface area contributed by atoms with Crippen LogP contribution in [0.15, 0.2) is 29.2 Å². The van der Waals surface area contributed by atoms with Crippen LogP contribution < -0.4 is 0 Å². The fourth-order valence-electron chi connectivity index (χ4n) is 4.09. The zero-order valence-electron chi connectivity index (χ0n) is 12.1. The van der Waals surface area contributed by atoms with Gasteiger partial charge < -0.3 is 4.90 Å². The number of benzene rings is 1. The van der Waals surface area contributed by atoms with Crippen molar-refractivity contribution < 1.29 is 0 Å². The number of nitrogens with zero attached hydrogens (tertiary/aromatic N) is 2. The highest BCUT2D eigenvalue weighted by molar-refractivity contribution is 8.00. The lowest BCUT2D eigenvalue weighted by atomic mass is 10.1. The Hall–Kier alpha value is -0.510. The van der Waals surface area contributed by atoms with Gasteiger partial charge in [0.05, 0.1) is 0 Å². The van der Waals surface area contributed by atoms with Crippen LogP contribution in [0.5, 0.6) is 0 Å². The Balaban J connectivity index is 1.38. The minimum absolute atomic E-state index is 0.778. The molecule has 20 heavy (non-hydrogen) atoms. The molecular weight excluding hydrogens is 264 g/mol. The lowest BCUT2D eigenvalue weighted by molar-refractivity contribution is 0.221. The minimum Gasteiger partial charge on any atom is -0.301 e. The van der Waals surface area contributed by atoms with Crippen LogP contribution in [0.2, 0.25) is 0 Å². The quantitative estimate of drug-likeness (QED) is 0.826. The van der Waals surface area contributed by atoms with Crippen LogP contribution in [0.3, 0.4) is 0 Å². The molecule has 0 N–H and O–H groups in total. The molecular formula is C17H24N2S.